The molecule has 148 valence electrons. The number of hydrogen-bond acceptors (Lipinski definition) is 6. The van der Waals surface area contributed by atoms with Crippen molar-refractivity contribution < 1.29 is 23.4 Å². The number of hydrogen-bond donors (Lipinski definition) is 0. The molecule has 0 spiro atoms. The number of furan rings is 1. The van der Waals surface area contributed by atoms with Crippen molar-refractivity contribution in [3.05, 3.63) is 59.4 Å². The molecule has 0 aliphatic carbocycles. The Morgan fingerprint density at radius 1 is 1.07 bits per heavy atom. The van der Waals surface area contributed by atoms with E-state index in [1.165, 1.54) is 0 Å². The number of benzene rings is 2. The van der Waals surface area contributed by atoms with Gasteiger partial charge in [0.25, 0.3) is 0 Å². The van der Waals surface area contributed by atoms with E-state index in [2.05, 4.69) is 4.90 Å². The summed E-state index contributed by atoms with van der Waals surface area (Å²) in [4.78, 5) is 14.6. The summed E-state index contributed by atoms with van der Waals surface area (Å²) in [5.74, 6) is 1.72. The third kappa shape index (κ3) is 4.12. The van der Waals surface area contributed by atoms with Crippen LogP contribution in [0.4, 0.5) is 0 Å². The molecule has 3 rings (SSSR count). The second kappa shape index (κ2) is 8.80. The summed E-state index contributed by atoms with van der Waals surface area (Å²) in [5, 5.41) is 0.770. The number of nitrogens with zero attached hydrogens (tertiary/aromatic N) is 1. The summed E-state index contributed by atoms with van der Waals surface area (Å²) >= 11 is 0. The van der Waals surface area contributed by atoms with Crippen molar-refractivity contribution in [2.75, 3.05) is 27.9 Å². The quantitative estimate of drug-likeness (QED) is 0.542. The van der Waals surface area contributed by atoms with Crippen LogP contribution < -0.4 is 9.47 Å². The summed E-state index contributed by atoms with van der Waals surface area (Å²) < 4.78 is 21.9. The van der Waals surface area contributed by atoms with Gasteiger partial charge in [-0.15, -0.1) is 0 Å². The van der Waals surface area contributed by atoms with E-state index in [4.69, 9.17) is 18.6 Å². The monoisotopic (exact) mass is 383 g/mol. The van der Waals surface area contributed by atoms with Gasteiger partial charge in [-0.25, -0.2) is 4.79 Å². The minimum absolute atomic E-state index is 0.316. The first-order valence-corrected chi connectivity index (χ1v) is 9.14. The molecule has 0 bridgehead atoms. The third-order valence-electron chi connectivity index (χ3n) is 4.50. The van der Waals surface area contributed by atoms with Gasteiger partial charge in [0.05, 0.1) is 27.4 Å². The van der Waals surface area contributed by atoms with E-state index in [0.717, 1.165) is 22.4 Å². The number of carbonyl (C=O) groups is 1. The Kier molecular flexibility index (Phi) is 6.21. The van der Waals surface area contributed by atoms with Crippen LogP contribution in [0.15, 0.2) is 46.9 Å². The normalized spacial score (nSPS) is 11.0. The molecule has 0 radical (unpaired) electrons. The average molecular weight is 383 g/mol. The van der Waals surface area contributed by atoms with E-state index in [1.54, 1.807) is 21.1 Å². The maximum atomic E-state index is 12.5. The second-order valence-corrected chi connectivity index (χ2v) is 6.47. The fraction of sp³-hybridized carbons (Fsp3) is 0.318. The van der Waals surface area contributed by atoms with Gasteiger partial charge in [-0.05, 0) is 26.1 Å². The zero-order valence-electron chi connectivity index (χ0n) is 16.7. The standard InChI is InChI=1S/C22H25NO5/c1-5-27-22(24)21-17-8-6-7-9-18(17)28-20(21)14-23(2)13-15-10-11-16(25-3)12-19(15)26-4/h6-12H,5,13-14H2,1-4H3. The van der Waals surface area contributed by atoms with Gasteiger partial charge >= 0.3 is 5.97 Å². The van der Waals surface area contributed by atoms with Crippen LogP contribution in [-0.4, -0.2) is 38.7 Å². The minimum atomic E-state index is -0.363. The topological polar surface area (TPSA) is 61.1 Å². The van der Waals surface area contributed by atoms with Gasteiger partial charge in [0.2, 0.25) is 0 Å². The molecule has 28 heavy (non-hydrogen) atoms. The highest BCUT2D eigenvalue weighted by Gasteiger charge is 2.23. The Hall–Kier alpha value is -2.99. The molecule has 6 nitrogen and oxygen atoms in total. The SMILES string of the molecule is CCOC(=O)c1c(CN(C)Cc2ccc(OC)cc2OC)oc2ccccc12. The van der Waals surface area contributed by atoms with Crippen molar-refractivity contribution in [2.24, 2.45) is 0 Å². The lowest BCUT2D eigenvalue weighted by Crippen LogP contribution is -2.19. The van der Waals surface area contributed by atoms with E-state index in [9.17, 15) is 4.79 Å². The first-order chi connectivity index (χ1) is 13.6. The summed E-state index contributed by atoms with van der Waals surface area (Å²) in [7, 11) is 5.22. The van der Waals surface area contributed by atoms with Gasteiger partial charge in [0, 0.05) is 23.6 Å². The Balaban J connectivity index is 1.86. The summed E-state index contributed by atoms with van der Waals surface area (Å²) in [5.41, 5.74) is 2.18. The van der Waals surface area contributed by atoms with Crippen molar-refractivity contribution in [2.45, 2.75) is 20.0 Å². The van der Waals surface area contributed by atoms with Crippen molar-refractivity contribution in [1.82, 2.24) is 4.90 Å². The van der Waals surface area contributed by atoms with Crippen LogP contribution in [0, 0.1) is 0 Å². The van der Waals surface area contributed by atoms with Crippen molar-refractivity contribution in [1.29, 1.82) is 0 Å². The molecule has 0 aliphatic heterocycles. The van der Waals surface area contributed by atoms with Gasteiger partial charge in [-0.3, -0.25) is 4.90 Å². The van der Waals surface area contributed by atoms with Crippen LogP contribution >= 0.6 is 0 Å². The predicted molar refractivity (Wildman–Crippen MR) is 107 cm³/mol. The molecule has 6 heteroatoms. The first-order valence-electron chi connectivity index (χ1n) is 9.14. The molecule has 1 heterocycles. The van der Waals surface area contributed by atoms with Crippen molar-refractivity contribution >= 4 is 16.9 Å². The first kappa shape index (κ1) is 19.8. The van der Waals surface area contributed by atoms with Crippen molar-refractivity contribution in [3.63, 3.8) is 0 Å². The number of esters is 1. The van der Waals surface area contributed by atoms with E-state index in [-0.39, 0.29) is 5.97 Å². The number of ether oxygens (including phenoxy) is 3. The molecule has 1 aromatic heterocycles. The molecule has 0 amide bonds. The molecule has 2 aromatic carbocycles. The van der Waals surface area contributed by atoms with Crippen LogP contribution in [0.1, 0.15) is 28.6 Å². The zero-order valence-corrected chi connectivity index (χ0v) is 16.7. The maximum Gasteiger partial charge on any atom is 0.342 e. The van der Waals surface area contributed by atoms with Crippen LogP contribution in [0.5, 0.6) is 11.5 Å². The lowest BCUT2D eigenvalue weighted by Gasteiger charge is -2.18. The molecular formula is C22H25NO5. The highest BCUT2D eigenvalue weighted by molar-refractivity contribution is 6.04. The molecular weight excluding hydrogens is 358 g/mol. The smallest absolute Gasteiger partial charge is 0.342 e. The van der Waals surface area contributed by atoms with Gasteiger partial charge in [0.15, 0.2) is 0 Å². The average Bonchev–Trinajstić information content (AvgIpc) is 3.06. The molecule has 0 unspecified atom stereocenters. The van der Waals surface area contributed by atoms with Gasteiger partial charge < -0.3 is 18.6 Å². The number of methoxy groups -OCH3 is 2. The summed E-state index contributed by atoms with van der Waals surface area (Å²) in [6.07, 6.45) is 0. The number of rotatable bonds is 8. The van der Waals surface area contributed by atoms with E-state index in [1.807, 2.05) is 49.5 Å². The zero-order chi connectivity index (χ0) is 20.1. The molecule has 0 fully saturated rings. The second-order valence-electron chi connectivity index (χ2n) is 6.47. The van der Waals surface area contributed by atoms with Crippen LogP contribution in [0.3, 0.4) is 0 Å². The lowest BCUT2D eigenvalue weighted by atomic mass is 10.1. The number of carbonyl (C=O) groups excluding carboxylic acids is 1. The van der Waals surface area contributed by atoms with E-state index < -0.39 is 0 Å². The Morgan fingerprint density at radius 2 is 1.86 bits per heavy atom. The molecule has 0 saturated carbocycles. The largest absolute Gasteiger partial charge is 0.497 e. The van der Waals surface area contributed by atoms with Crippen molar-refractivity contribution in [3.8, 4) is 11.5 Å². The van der Waals surface area contributed by atoms with Crippen LogP contribution in [0.2, 0.25) is 0 Å². The predicted octanol–water partition coefficient (Wildman–Crippen LogP) is 4.26. The fourth-order valence-electron chi connectivity index (χ4n) is 3.21. The Bertz CT molecular complexity index is 963. The lowest BCUT2D eigenvalue weighted by molar-refractivity contribution is 0.0524. The number of para-hydroxylation sites is 1. The van der Waals surface area contributed by atoms with Gasteiger partial charge in [-0.2, -0.15) is 0 Å². The molecule has 0 saturated heterocycles. The molecule has 3 aromatic rings. The number of fused-ring (bicyclic) bond motifs is 1. The summed E-state index contributed by atoms with van der Waals surface area (Å²) in [6, 6.07) is 13.2. The fourth-order valence-corrected chi connectivity index (χ4v) is 3.21. The molecule has 0 aliphatic rings. The molecule has 0 atom stereocenters. The Morgan fingerprint density at radius 3 is 2.57 bits per heavy atom. The third-order valence-corrected chi connectivity index (χ3v) is 4.50. The minimum Gasteiger partial charge on any atom is -0.497 e. The Labute approximate surface area is 164 Å². The van der Waals surface area contributed by atoms with Crippen LogP contribution in [-0.2, 0) is 17.8 Å². The van der Waals surface area contributed by atoms with Gasteiger partial charge in [-0.1, -0.05) is 24.3 Å². The summed E-state index contributed by atoms with van der Waals surface area (Å²) in [6.45, 7) is 3.18. The van der Waals surface area contributed by atoms with E-state index >= 15 is 0 Å². The van der Waals surface area contributed by atoms with E-state index in [0.29, 0.717) is 36.6 Å². The highest BCUT2D eigenvalue weighted by Crippen LogP contribution is 2.29. The molecule has 0 N–H and O–H groups in total. The highest BCUT2D eigenvalue weighted by atomic mass is 16.5. The maximum absolute atomic E-state index is 12.5. The van der Waals surface area contributed by atoms with Gasteiger partial charge in [0.1, 0.15) is 28.4 Å². The van der Waals surface area contributed by atoms with Crippen LogP contribution in [0.25, 0.3) is 11.0 Å².